The lowest BCUT2D eigenvalue weighted by Gasteiger charge is -2.21. The number of amides is 3. The Morgan fingerprint density at radius 2 is 1.65 bits per heavy atom. The minimum Gasteiger partial charge on any atom is -0.480 e. The highest BCUT2D eigenvalue weighted by Gasteiger charge is 2.25. The zero-order valence-corrected chi connectivity index (χ0v) is 17.3. The van der Waals surface area contributed by atoms with Crippen LogP contribution >= 0.6 is 0 Å². The highest BCUT2D eigenvalue weighted by molar-refractivity contribution is 5.92. The number of hydrogen-bond donors (Lipinski definition) is 7. The SMILES string of the molecule is NCCCCC(N)C(=O)NC(Cc1ccccc1)C(=O)NCC(=O)NC(CO)C(=O)O. The highest BCUT2D eigenvalue weighted by Crippen LogP contribution is 2.05. The van der Waals surface area contributed by atoms with E-state index in [-0.39, 0.29) is 6.42 Å². The summed E-state index contributed by atoms with van der Waals surface area (Å²) in [5.41, 5.74) is 12.1. The molecule has 1 aromatic carbocycles. The van der Waals surface area contributed by atoms with E-state index in [9.17, 15) is 19.2 Å². The van der Waals surface area contributed by atoms with Gasteiger partial charge in [-0.15, -0.1) is 0 Å². The van der Waals surface area contributed by atoms with Gasteiger partial charge in [-0.2, -0.15) is 0 Å². The van der Waals surface area contributed by atoms with Crippen molar-refractivity contribution in [3.63, 3.8) is 0 Å². The van der Waals surface area contributed by atoms with E-state index in [1.807, 2.05) is 6.07 Å². The molecule has 0 heterocycles. The minimum atomic E-state index is -1.48. The minimum absolute atomic E-state index is 0.171. The molecule has 3 amide bonds. The Kier molecular flexibility index (Phi) is 11.8. The van der Waals surface area contributed by atoms with Crippen LogP contribution in [0.2, 0.25) is 0 Å². The molecule has 0 saturated heterocycles. The van der Waals surface area contributed by atoms with Gasteiger partial charge in [0.15, 0.2) is 0 Å². The monoisotopic (exact) mass is 437 g/mol. The smallest absolute Gasteiger partial charge is 0.328 e. The molecule has 11 heteroatoms. The van der Waals surface area contributed by atoms with E-state index in [0.717, 1.165) is 12.0 Å². The van der Waals surface area contributed by atoms with Crippen molar-refractivity contribution in [3.05, 3.63) is 35.9 Å². The maximum absolute atomic E-state index is 12.6. The lowest BCUT2D eigenvalue weighted by Crippen LogP contribution is -2.54. The van der Waals surface area contributed by atoms with Gasteiger partial charge in [-0.05, 0) is 24.9 Å². The molecule has 0 fully saturated rings. The summed E-state index contributed by atoms with van der Waals surface area (Å²) in [6.07, 6.45) is 2.00. The predicted octanol–water partition coefficient (Wildman–Crippen LogP) is -2.15. The third-order valence-corrected chi connectivity index (χ3v) is 4.46. The zero-order valence-electron chi connectivity index (χ0n) is 17.3. The molecular weight excluding hydrogens is 406 g/mol. The summed E-state index contributed by atoms with van der Waals surface area (Å²) in [7, 11) is 0. The molecule has 3 unspecified atom stereocenters. The highest BCUT2D eigenvalue weighted by atomic mass is 16.4. The largest absolute Gasteiger partial charge is 0.480 e. The summed E-state index contributed by atoms with van der Waals surface area (Å²) in [5, 5.41) is 24.9. The molecule has 3 atom stereocenters. The predicted molar refractivity (Wildman–Crippen MR) is 113 cm³/mol. The molecule has 0 radical (unpaired) electrons. The number of carboxylic acids is 1. The molecule has 172 valence electrons. The maximum Gasteiger partial charge on any atom is 0.328 e. The Bertz CT molecular complexity index is 730. The topological polar surface area (TPSA) is 197 Å². The second kappa shape index (κ2) is 14.1. The van der Waals surface area contributed by atoms with Crippen LogP contribution in [0.5, 0.6) is 0 Å². The number of carboxylic acid groups (broad SMARTS) is 1. The molecule has 0 aliphatic carbocycles. The van der Waals surface area contributed by atoms with Gasteiger partial charge in [0, 0.05) is 6.42 Å². The average Bonchev–Trinajstić information content (AvgIpc) is 2.75. The fraction of sp³-hybridized carbons (Fsp3) is 0.500. The van der Waals surface area contributed by atoms with E-state index in [4.69, 9.17) is 21.7 Å². The lowest BCUT2D eigenvalue weighted by molar-refractivity contribution is -0.142. The number of aliphatic carboxylic acids is 1. The molecular formula is C20H31N5O6. The van der Waals surface area contributed by atoms with Crippen molar-refractivity contribution < 1.29 is 29.4 Å². The number of rotatable bonds is 14. The van der Waals surface area contributed by atoms with Crippen molar-refractivity contribution >= 4 is 23.7 Å². The molecule has 0 saturated carbocycles. The normalized spacial score (nSPS) is 13.5. The summed E-state index contributed by atoms with van der Waals surface area (Å²) in [6.45, 7) is -0.815. The van der Waals surface area contributed by atoms with Crippen LogP contribution < -0.4 is 27.4 Å². The van der Waals surface area contributed by atoms with Gasteiger partial charge in [0.05, 0.1) is 19.2 Å². The van der Waals surface area contributed by atoms with Crippen LogP contribution in [0.3, 0.4) is 0 Å². The van der Waals surface area contributed by atoms with Crippen molar-refractivity contribution in [3.8, 4) is 0 Å². The van der Waals surface area contributed by atoms with E-state index in [1.54, 1.807) is 24.3 Å². The summed E-state index contributed by atoms with van der Waals surface area (Å²) < 4.78 is 0. The summed E-state index contributed by atoms with van der Waals surface area (Å²) in [4.78, 5) is 47.8. The summed E-state index contributed by atoms with van der Waals surface area (Å²) >= 11 is 0. The van der Waals surface area contributed by atoms with Crippen molar-refractivity contribution in [1.82, 2.24) is 16.0 Å². The Morgan fingerprint density at radius 1 is 0.968 bits per heavy atom. The van der Waals surface area contributed by atoms with Crippen LogP contribution in [0.4, 0.5) is 0 Å². The molecule has 1 aromatic rings. The number of carbonyl (C=O) groups excluding carboxylic acids is 3. The first-order valence-electron chi connectivity index (χ1n) is 9.99. The Morgan fingerprint density at radius 3 is 2.23 bits per heavy atom. The molecule has 0 spiro atoms. The van der Waals surface area contributed by atoms with Crippen LogP contribution in [0, 0.1) is 0 Å². The number of nitrogens with two attached hydrogens (primary N) is 2. The summed E-state index contributed by atoms with van der Waals surface area (Å²) in [5.74, 6) is -3.32. The molecule has 11 nitrogen and oxygen atoms in total. The second-order valence-electron chi connectivity index (χ2n) is 7.00. The number of benzene rings is 1. The molecule has 0 aromatic heterocycles. The standard InChI is InChI=1S/C20H31N5O6/c21-9-5-4-8-14(22)18(28)25-15(10-13-6-2-1-3-7-13)19(29)23-11-17(27)24-16(12-26)20(30)31/h1-3,6-7,14-16,26H,4-5,8-12,21-22H2,(H,23,29)(H,24,27)(H,25,28)(H,30,31). The Balaban J connectivity index is 2.74. The Labute approximate surface area is 180 Å². The van der Waals surface area contributed by atoms with Crippen molar-refractivity contribution in [2.75, 3.05) is 19.7 Å². The maximum atomic E-state index is 12.6. The Hall–Kier alpha value is -3.02. The summed E-state index contributed by atoms with van der Waals surface area (Å²) in [6, 6.07) is 5.71. The van der Waals surface area contributed by atoms with Crippen LogP contribution in [-0.4, -0.2) is 71.7 Å². The molecule has 31 heavy (non-hydrogen) atoms. The number of unbranched alkanes of at least 4 members (excludes halogenated alkanes) is 1. The third kappa shape index (κ3) is 10.0. The van der Waals surface area contributed by atoms with Gasteiger partial charge in [0.2, 0.25) is 17.7 Å². The molecule has 0 bridgehead atoms. The number of nitrogens with one attached hydrogen (secondary N) is 3. The zero-order chi connectivity index (χ0) is 23.2. The number of carbonyl (C=O) groups is 4. The van der Waals surface area contributed by atoms with Crippen LogP contribution in [0.15, 0.2) is 30.3 Å². The average molecular weight is 437 g/mol. The molecule has 1 rings (SSSR count). The van der Waals surface area contributed by atoms with Crippen molar-refractivity contribution in [2.24, 2.45) is 11.5 Å². The van der Waals surface area contributed by atoms with Gasteiger partial charge in [-0.25, -0.2) is 4.79 Å². The van der Waals surface area contributed by atoms with Gasteiger partial charge < -0.3 is 37.6 Å². The molecule has 9 N–H and O–H groups in total. The van der Waals surface area contributed by atoms with Gasteiger partial charge >= 0.3 is 5.97 Å². The fourth-order valence-electron chi connectivity index (χ4n) is 2.70. The van der Waals surface area contributed by atoms with Crippen molar-refractivity contribution in [2.45, 2.75) is 43.8 Å². The lowest BCUT2D eigenvalue weighted by atomic mass is 10.0. The number of hydrogen-bond acceptors (Lipinski definition) is 7. The third-order valence-electron chi connectivity index (χ3n) is 4.46. The quantitative estimate of drug-likeness (QED) is 0.160. The van der Waals surface area contributed by atoms with E-state index in [0.29, 0.717) is 19.4 Å². The van der Waals surface area contributed by atoms with Gasteiger partial charge in [0.25, 0.3) is 0 Å². The molecule has 0 aliphatic heterocycles. The van der Waals surface area contributed by atoms with E-state index in [2.05, 4.69) is 16.0 Å². The van der Waals surface area contributed by atoms with Gasteiger partial charge in [-0.1, -0.05) is 36.8 Å². The van der Waals surface area contributed by atoms with E-state index in [1.165, 1.54) is 0 Å². The van der Waals surface area contributed by atoms with E-state index < -0.39 is 55.0 Å². The van der Waals surface area contributed by atoms with Crippen LogP contribution in [0.1, 0.15) is 24.8 Å². The first-order valence-corrected chi connectivity index (χ1v) is 9.99. The van der Waals surface area contributed by atoms with Gasteiger partial charge in [0.1, 0.15) is 12.1 Å². The van der Waals surface area contributed by atoms with Gasteiger partial charge in [-0.3, -0.25) is 14.4 Å². The van der Waals surface area contributed by atoms with Crippen LogP contribution in [-0.2, 0) is 25.6 Å². The fourth-order valence-corrected chi connectivity index (χ4v) is 2.70. The van der Waals surface area contributed by atoms with E-state index >= 15 is 0 Å². The molecule has 0 aliphatic rings. The number of aliphatic hydroxyl groups excluding tert-OH is 1. The van der Waals surface area contributed by atoms with Crippen molar-refractivity contribution in [1.29, 1.82) is 0 Å². The first-order chi connectivity index (χ1) is 14.8. The number of aliphatic hydroxyl groups is 1. The first kappa shape index (κ1) is 26.0. The van der Waals surface area contributed by atoms with Crippen LogP contribution in [0.25, 0.3) is 0 Å². The second-order valence-corrected chi connectivity index (χ2v) is 7.00.